The highest BCUT2D eigenvalue weighted by atomic mass is 16.5. The van der Waals surface area contributed by atoms with Gasteiger partial charge < -0.3 is 10.5 Å². The van der Waals surface area contributed by atoms with Gasteiger partial charge in [-0.3, -0.25) is 0 Å². The highest BCUT2D eigenvalue weighted by Crippen LogP contribution is 2.14. The molecule has 0 spiro atoms. The molecular weight excluding hydrogens is 186 g/mol. The fourth-order valence-corrected chi connectivity index (χ4v) is 1.60. The van der Waals surface area contributed by atoms with Crippen LogP contribution in [0.25, 0.3) is 0 Å². The van der Waals surface area contributed by atoms with Gasteiger partial charge in [0.15, 0.2) is 0 Å². The van der Waals surface area contributed by atoms with E-state index in [4.69, 9.17) is 10.5 Å². The van der Waals surface area contributed by atoms with Crippen molar-refractivity contribution in [3.63, 3.8) is 0 Å². The zero-order valence-electron chi connectivity index (χ0n) is 9.70. The molecule has 0 fully saturated rings. The molecule has 0 saturated heterocycles. The van der Waals surface area contributed by atoms with E-state index in [0.29, 0.717) is 0 Å². The van der Waals surface area contributed by atoms with Gasteiger partial charge in [-0.2, -0.15) is 0 Å². The lowest BCUT2D eigenvalue weighted by Gasteiger charge is -2.24. The number of hydrogen-bond acceptors (Lipinski definition) is 2. The van der Waals surface area contributed by atoms with Crippen molar-refractivity contribution >= 4 is 0 Å². The molecule has 2 N–H and O–H groups in total. The summed E-state index contributed by atoms with van der Waals surface area (Å²) in [5.41, 5.74) is 7.33. The molecule has 0 radical (unpaired) electrons. The molecule has 0 aliphatic rings. The molecule has 1 rings (SSSR count). The van der Waals surface area contributed by atoms with Crippen LogP contribution < -0.4 is 5.73 Å². The Morgan fingerprint density at radius 2 is 1.93 bits per heavy atom. The zero-order valence-corrected chi connectivity index (χ0v) is 9.70. The molecule has 84 valence electrons. The molecule has 2 nitrogen and oxygen atoms in total. The summed E-state index contributed by atoms with van der Waals surface area (Å²) >= 11 is 0. The van der Waals surface area contributed by atoms with Crippen molar-refractivity contribution in [1.82, 2.24) is 0 Å². The number of ether oxygens (including phenoxy) is 1. The Kier molecular flexibility index (Phi) is 4.79. The summed E-state index contributed by atoms with van der Waals surface area (Å²) in [6.07, 6.45) is 1.80. The fraction of sp³-hybridized carbons (Fsp3) is 0.538. The molecule has 0 aromatic heterocycles. The Balaban J connectivity index is 2.42. The molecule has 0 heterocycles. The Labute approximate surface area is 92.4 Å². The summed E-state index contributed by atoms with van der Waals surface area (Å²) in [5.74, 6) is 0. The summed E-state index contributed by atoms with van der Waals surface area (Å²) in [7, 11) is 0. The zero-order chi connectivity index (χ0) is 11.1. The molecule has 0 bridgehead atoms. The van der Waals surface area contributed by atoms with Crippen LogP contribution in [-0.2, 0) is 11.2 Å². The normalized spacial score (nSPS) is 14.9. The fourth-order valence-electron chi connectivity index (χ4n) is 1.60. The van der Waals surface area contributed by atoms with Crippen LogP contribution in [0.5, 0.6) is 0 Å². The van der Waals surface area contributed by atoms with Crippen LogP contribution in [0.4, 0.5) is 0 Å². The number of hydrogen-bond donors (Lipinski definition) is 1. The quantitative estimate of drug-likeness (QED) is 0.727. The largest absolute Gasteiger partial charge is 0.382 e. The summed E-state index contributed by atoms with van der Waals surface area (Å²) < 4.78 is 5.33. The maximum atomic E-state index is 6.21. The van der Waals surface area contributed by atoms with Crippen LogP contribution in [0.15, 0.2) is 30.3 Å². The predicted molar refractivity (Wildman–Crippen MR) is 63.8 cm³/mol. The molecule has 15 heavy (non-hydrogen) atoms. The first kappa shape index (κ1) is 12.2. The topological polar surface area (TPSA) is 35.2 Å². The summed E-state index contributed by atoms with van der Waals surface area (Å²) in [6, 6.07) is 10.4. The molecular formula is C13H21NO. The van der Waals surface area contributed by atoms with Gasteiger partial charge in [0.25, 0.3) is 0 Å². The van der Waals surface area contributed by atoms with Crippen LogP contribution >= 0.6 is 0 Å². The third-order valence-electron chi connectivity index (χ3n) is 2.47. The molecule has 0 aliphatic heterocycles. The second-order valence-electron chi connectivity index (χ2n) is 4.26. The van der Waals surface area contributed by atoms with E-state index in [1.165, 1.54) is 5.56 Å². The molecule has 2 heteroatoms. The highest BCUT2D eigenvalue weighted by molar-refractivity contribution is 5.17. The van der Waals surface area contributed by atoms with Gasteiger partial charge in [0.2, 0.25) is 0 Å². The average Bonchev–Trinajstić information content (AvgIpc) is 2.18. The number of nitrogens with two attached hydrogens (primary N) is 1. The van der Waals surface area contributed by atoms with Crippen LogP contribution in [-0.4, -0.2) is 18.8 Å². The van der Waals surface area contributed by atoms with Crippen molar-refractivity contribution in [2.45, 2.75) is 32.2 Å². The van der Waals surface area contributed by atoms with Crippen LogP contribution in [0, 0.1) is 0 Å². The van der Waals surface area contributed by atoms with Crippen molar-refractivity contribution in [3.05, 3.63) is 35.9 Å². The number of rotatable bonds is 6. The van der Waals surface area contributed by atoms with Crippen LogP contribution in [0.1, 0.15) is 25.8 Å². The van der Waals surface area contributed by atoms with Crippen molar-refractivity contribution in [2.24, 2.45) is 5.73 Å². The van der Waals surface area contributed by atoms with E-state index in [2.05, 4.69) is 19.1 Å². The van der Waals surface area contributed by atoms with Crippen molar-refractivity contribution in [1.29, 1.82) is 0 Å². The lowest BCUT2D eigenvalue weighted by molar-refractivity contribution is 0.128. The lowest BCUT2D eigenvalue weighted by atomic mass is 9.91. The van der Waals surface area contributed by atoms with Crippen LogP contribution in [0.2, 0.25) is 0 Å². The van der Waals surface area contributed by atoms with Gasteiger partial charge in [-0.05, 0) is 32.3 Å². The second-order valence-corrected chi connectivity index (χ2v) is 4.26. The molecule has 0 saturated carbocycles. The summed E-state index contributed by atoms with van der Waals surface area (Å²) in [6.45, 7) is 5.60. The minimum Gasteiger partial charge on any atom is -0.382 e. The monoisotopic (exact) mass is 207 g/mol. The summed E-state index contributed by atoms with van der Waals surface area (Å²) in [4.78, 5) is 0. The first-order chi connectivity index (χ1) is 7.14. The molecule has 1 atom stereocenters. The Morgan fingerprint density at radius 1 is 1.27 bits per heavy atom. The molecule has 0 aliphatic carbocycles. The maximum absolute atomic E-state index is 6.21. The van der Waals surface area contributed by atoms with E-state index in [9.17, 15) is 0 Å². The summed E-state index contributed by atoms with van der Waals surface area (Å²) in [5, 5.41) is 0. The van der Waals surface area contributed by atoms with E-state index >= 15 is 0 Å². The molecule has 0 amide bonds. The van der Waals surface area contributed by atoms with Gasteiger partial charge in [0.05, 0.1) is 0 Å². The Hall–Kier alpha value is -0.860. The van der Waals surface area contributed by atoms with Crippen molar-refractivity contribution in [2.75, 3.05) is 13.2 Å². The van der Waals surface area contributed by atoms with Crippen molar-refractivity contribution in [3.8, 4) is 0 Å². The lowest BCUT2D eigenvalue weighted by Crippen LogP contribution is -2.39. The number of benzene rings is 1. The van der Waals surface area contributed by atoms with E-state index in [1.807, 2.05) is 25.1 Å². The van der Waals surface area contributed by atoms with Crippen molar-refractivity contribution < 1.29 is 4.74 Å². The molecule has 1 unspecified atom stereocenters. The van der Waals surface area contributed by atoms with Gasteiger partial charge in [0, 0.05) is 18.8 Å². The van der Waals surface area contributed by atoms with Gasteiger partial charge >= 0.3 is 0 Å². The van der Waals surface area contributed by atoms with Gasteiger partial charge in [-0.15, -0.1) is 0 Å². The van der Waals surface area contributed by atoms with E-state index in [1.54, 1.807) is 0 Å². The SMILES string of the molecule is CCOCCC(C)(N)Cc1ccccc1. The first-order valence-corrected chi connectivity index (χ1v) is 5.54. The molecule has 1 aromatic carbocycles. The van der Waals surface area contributed by atoms with Gasteiger partial charge in [-0.25, -0.2) is 0 Å². The smallest absolute Gasteiger partial charge is 0.0483 e. The van der Waals surface area contributed by atoms with E-state index in [-0.39, 0.29) is 5.54 Å². The minimum absolute atomic E-state index is 0.170. The second kappa shape index (κ2) is 5.89. The van der Waals surface area contributed by atoms with Gasteiger partial charge in [-0.1, -0.05) is 30.3 Å². The predicted octanol–water partition coefficient (Wildman–Crippen LogP) is 2.37. The maximum Gasteiger partial charge on any atom is 0.0483 e. The Morgan fingerprint density at radius 3 is 2.53 bits per heavy atom. The third kappa shape index (κ3) is 4.96. The van der Waals surface area contributed by atoms with E-state index < -0.39 is 0 Å². The standard InChI is InChI=1S/C13H21NO/c1-3-15-10-9-13(2,14)11-12-7-5-4-6-8-12/h4-8H,3,9-11,14H2,1-2H3. The average molecular weight is 207 g/mol. The van der Waals surface area contributed by atoms with Gasteiger partial charge in [0.1, 0.15) is 0 Å². The molecule has 1 aromatic rings. The Bertz CT molecular complexity index is 269. The minimum atomic E-state index is -0.170. The van der Waals surface area contributed by atoms with Crippen LogP contribution in [0.3, 0.4) is 0 Å². The highest BCUT2D eigenvalue weighted by Gasteiger charge is 2.18. The van der Waals surface area contributed by atoms with E-state index in [0.717, 1.165) is 26.1 Å². The third-order valence-corrected chi connectivity index (χ3v) is 2.47. The first-order valence-electron chi connectivity index (χ1n) is 5.54.